The molecule has 3 heterocycles. The SMILES string of the molecule is O[C@H]1C[C@H]2[C@@H](C[C@H]1OCc1ccccc1)[C@H]1CN2Cc2cc3c(cc21)OCO3. The fourth-order valence-electron chi connectivity index (χ4n) is 5.70. The van der Waals surface area contributed by atoms with Gasteiger partial charge in [0.15, 0.2) is 11.5 Å². The molecule has 0 aromatic heterocycles. The van der Waals surface area contributed by atoms with E-state index in [1.807, 2.05) is 18.2 Å². The molecule has 6 rings (SSSR count). The van der Waals surface area contributed by atoms with Gasteiger partial charge in [-0.25, -0.2) is 0 Å². The highest BCUT2D eigenvalue weighted by Gasteiger charge is 2.51. The average molecular weight is 379 g/mol. The maximum absolute atomic E-state index is 10.8. The van der Waals surface area contributed by atoms with Crippen molar-refractivity contribution in [1.29, 1.82) is 0 Å². The summed E-state index contributed by atoms with van der Waals surface area (Å²) in [4.78, 5) is 2.55. The zero-order valence-electron chi connectivity index (χ0n) is 15.8. The monoisotopic (exact) mass is 379 g/mol. The topological polar surface area (TPSA) is 51.2 Å². The Morgan fingerprint density at radius 3 is 2.75 bits per heavy atom. The Balaban J connectivity index is 1.24. The number of fused-ring (bicyclic) bond motifs is 8. The lowest BCUT2D eigenvalue weighted by Gasteiger charge is -2.38. The molecule has 2 aromatic carbocycles. The number of nitrogens with zero attached hydrogens (tertiary/aromatic N) is 1. The second-order valence-corrected chi connectivity index (χ2v) is 8.55. The highest BCUT2D eigenvalue weighted by atomic mass is 16.7. The van der Waals surface area contributed by atoms with Crippen LogP contribution in [0.5, 0.6) is 11.5 Å². The van der Waals surface area contributed by atoms with Crippen molar-refractivity contribution in [2.75, 3.05) is 13.3 Å². The molecule has 0 radical (unpaired) electrons. The molecule has 146 valence electrons. The standard InChI is InChI=1S/C23H25NO4/c25-20-9-19-17(8-21(20)26-12-14-4-2-1-3-5-14)18-11-24(19)10-15-6-22-23(7-16(15)18)28-13-27-22/h1-7,17-21,25H,8-13H2/t17-,18-,19-,20-,21+/m0/s1. The van der Waals surface area contributed by atoms with Crippen LogP contribution in [-0.2, 0) is 17.9 Å². The van der Waals surface area contributed by atoms with E-state index in [9.17, 15) is 5.11 Å². The third-order valence-electron chi connectivity index (χ3n) is 7.04. The van der Waals surface area contributed by atoms with E-state index in [0.29, 0.717) is 31.3 Å². The van der Waals surface area contributed by atoms with Gasteiger partial charge in [-0.05, 0) is 47.6 Å². The molecule has 0 amide bonds. The zero-order chi connectivity index (χ0) is 18.7. The molecule has 4 aliphatic rings. The van der Waals surface area contributed by atoms with Gasteiger partial charge in [-0.1, -0.05) is 30.3 Å². The highest BCUT2D eigenvalue weighted by Crippen LogP contribution is 2.52. The van der Waals surface area contributed by atoms with Gasteiger partial charge in [-0.15, -0.1) is 0 Å². The van der Waals surface area contributed by atoms with E-state index in [4.69, 9.17) is 14.2 Å². The second kappa shape index (κ2) is 6.48. The highest BCUT2D eigenvalue weighted by molar-refractivity contribution is 5.51. The first-order valence-electron chi connectivity index (χ1n) is 10.3. The first-order valence-corrected chi connectivity index (χ1v) is 10.3. The van der Waals surface area contributed by atoms with E-state index in [1.165, 1.54) is 11.1 Å². The van der Waals surface area contributed by atoms with Crippen molar-refractivity contribution in [3.63, 3.8) is 0 Å². The number of benzene rings is 2. The molecule has 2 bridgehead atoms. The fraction of sp³-hybridized carbons (Fsp3) is 0.478. The van der Waals surface area contributed by atoms with Crippen molar-refractivity contribution >= 4 is 0 Å². The maximum atomic E-state index is 10.8. The zero-order valence-corrected chi connectivity index (χ0v) is 15.8. The van der Waals surface area contributed by atoms with Gasteiger partial charge in [-0.2, -0.15) is 0 Å². The van der Waals surface area contributed by atoms with E-state index in [2.05, 4.69) is 29.2 Å². The van der Waals surface area contributed by atoms with Crippen LogP contribution in [-0.4, -0.2) is 41.6 Å². The molecular formula is C23H25NO4. The number of aliphatic hydroxyl groups is 1. The third kappa shape index (κ3) is 2.65. The van der Waals surface area contributed by atoms with Crippen LogP contribution < -0.4 is 9.47 Å². The molecule has 1 saturated heterocycles. The second-order valence-electron chi connectivity index (χ2n) is 8.55. The first kappa shape index (κ1) is 16.8. The number of aliphatic hydroxyl groups excluding tert-OH is 1. The molecule has 5 heteroatoms. The molecule has 5 nitrogen and oxygen atoms in total. The van der Waals surface area contributed by atoms with Gasteiger partial charge in [0.25, 0.3) is 0 Å². The summed E-state index contributed by atoms with van der Waals surface area (Å²) < 4.78 is 17.4. The predicted molar refractivity (Wildman–Crippen MR) is 103 cm³/mol. The minimum Gasteiger partial charge on any atom is -0.454 e. The molecule has 3 aliphatic heterocycles. The Bertz CT molecular complexity index is 886. The summed E-state index contributed by atoms with van der Waals surface area (Å²) >= 11 is 0. The fourth-order valence-corrected chi connectivity index (χ4v) is 5.70. The summed E-state index contributed by atoms with van der Waals surface area (Å²) in [5.74, 6) is 2.75. The molecule has 1 saturated carbocycles. The summed E-state index contributed by atoms with van der Waals surface area (Å²) in [5.41, 5.74) is 3.92. The number of ether oxygens (including phenoxy) is 3. The van der Waals surface area contributed by atoms with E-state index in [-0.39, 0.29) is 6.10 Å². The van der Waals surface area contributed by atoms with Crippen molar-refractivity contribution in [1.82, 2.24) is 4.90 Å². The van der Waals surface area contributed by atoms with E-state index in [0.717, 1.165) is 43.0 Å². The molecule has 1 aliphatic carbocycles. The third-order valence-corrected chi connectivity index (χ3v) is 7.04. The van der Waals surface area contributed by atoms with Gasteiger partial charge in [0.2, 0.25) is 6.79 Å². The summed E-state index contributed by atoms with van der Waals surface area (Å²) in [6, 6.07) is 15.0. The summed E-state index contributed by atoms with van der Waals surface area (Å²) in [6.07, 6.45) is 1.21. The molecule has 1 N–H and O–H groups in total. The van der Waals surface area contributed by atoms with Gasteiger partial charge >= 0.3 is 0 Å². The van der Waals surface area contributed by atoms with Crippen LogP contribution in [0, 0.1) is 5.92 Å². The minimum atomic E-state index is -0.399. The van der Waals surface area contributed by atoms with Gasteiger partial charge in [0, 0.05) is 25.0 Å². The van der Waals surface area contributed by atoms with Gasteiger partial charge in [0.05, 0.1) is 18.8 Å². The van der Waals surface area contributed by atoms with Crippen LogP contribution in [0.15, 0.2) is 42.5 Å². The smallest absolute Gasteiger partial charge is 0.231 e. The number of rotatable bonds is 3. The Morgan fingerprint density at radius 1 is 1.07 bits per heavy atom. The van der Waals surface area contributed by atoms with Crippen LogP contribution >= 0.6 is 0 Å². The van der Waals surface area contributed by atoms with Crippen LogP contribution in [0.1, 0.15) is 35.4 Å². The molecule has 1 unspecified atom stereocenters. The van der Waals surface area contributed by atoms with Crippen molar-refractivity contribution in [2.24, 2.45) is 5.92 Å². The summed E-state index contributed by atoms with van der Waals surface area (Å²) in [7, 11) is 0. The van der Waals surface area contributed by atoms with E-state index in [1.54, 1.807) is 0 Å². The minimum absolute atomic E-state index is 0.0977. The van der Waals surface area contributed by atoms with Gasteiger partial charge < -0.3 is 19.3 Å². The Kier molecular flexibility index (Phi) is 3.89. The normalized spacial score (nSPS) is 34.8. The Hall–Kier alpha value is -2.08. The Morgan fingerprint density at radius 2 is 1.89 bits per heavy atom. The van der Waals surface area contributed by atoms with Crippen LogP contribution in [0.25, 0.3) is 0 Å². The van der Waals surface area contributed by atoms with Crippen LogP contribution in [0.3, 0.4) is 0 Å². The number of hydrogen-bond donors (Lipinski definition) is 1. The van der Waals surface area contributed by atoms with Crippen LogP contribution in [0.2, 0.25) is 0 Å². The molecule has 28 heavy (non-hydrogen) atoms. The molecule has 6 atom stereocenters. The maximum Gasteiger partial charge on any atom is 0.231 e. The largest absolute Gasteiger partial charge is 0.454 e. The van der Waals surface area contributed by atoms with Gasteiger partial charge in [-0.3, -0.25) is 4.90 Å². The lowest BCUT2D eigenvalue weighted by molar-refractivity contribution is -0.0906. The average Bonchev–Trinajstić information content (AvgIpc) is 3.28. The first-order chi connectivity index (χ1) is 13.8. The van der Waals surface area contributed by atoms with Crippen molar-refractivity contribution < 1.29 is 19.3 Å². The lowest BCUT2D eigenvalue weighted by atomic mass is 9.74. The van der Waals surface area contributed by atoms with Crippen molar-refractivity contribution in [3.05, 3.63) is 59.2 Å². The van der Waals surface area contributed by atoms with Crippen molar-refractivity contribution in [2.45, 2.75) is 50.2 Å². The quantitative estimate of drug-likeness (QED) is 0.888. The summed E-state index contributed by atoms with van der Waals surface area (Å²) in [6.45, 7) is 2.88. The van der Waals surface area contributed by atoms with Gasteiger partial charge in [0.1, 0.15) is 0 Å². The molecular weight excluding hydrogens is 354 g/mol. The number of hydrogen-bond acceptors (Lipinski definition) is 5. The Labute approximate surface area is 164 Å². The molecule has 0 spiro atoms. The predicted octanol–water partition coefficient (Wildman–Crippen LogP) is 3.05. The van der Waals surface area contributed by atoms with Crippen molar-refractivity contribution in [3.8, 4) is 11.5 Å². The van der Waals surface area contributed by atoms with E-state index >= 15 is 0 Å². The van der Waals surface area contributed by atoms with Crippen LogP contribution in [0.4, 0.5) is 0 Å². The molecule has 2 aromatic rings. The summed E-state index contributed by atoms with van der Waals surface area (Å²) in [5, 5.41) is 10.8. The molecule has 2 fully saturated rings. The lowest BCUT2D eigenvalue weighted by Crippen LogP contribution is -2.46. The van der Waals surface area contributed by atoms with E-state index < -0.39 is 6.10 Å².